The molecule has 50 heavy (non-hydrogen) atoms. The van der Waals surface area contributed by atoms with E-state index in [1.165, 1.54) is 205 Å². The van der Waals surface area contributed by atoms with Gasteiger partial charge in [0.05, 0.1) is 0 Å². The fraction of sp³-hybridized carbons (Fsp3) is 0.955. The van der Waals surface area contributed by atoms with Gasteiger partial charge in [0.15, 0.2) is 0 Å². The minimum Gasteiger partial charge on any atom is -0.354 e. The molecule has 6 heteroatoms. The molecule has 0 aromatic rings. The quantitative estimate of drug-likeness (QED) is 0.0353. The van der Waals surface area contributed by atoms with E-state index in [1.807, 2.05) is 0 Å². The minimum absolute atomic E-state index is 0.437. The van der Waals surface area contributed by atoms with E-state index in [1.54, 1.807) is 21.6 Å². The molecule has 0 spiro atoms. The summed E-state index contributed by atoms with van der Waals surface area (Å²) in [6.45, 7) is 15.9. The second-order valence-corrected chi connectivity index (χ2v) is 19.3. The van der Waals surface area contributed by atoms with Gasteiger partial charge in [-0.25, -0.2) is 0 Å². The highest BCUT2D eigenvalue weighted by Crippen LogP contribution is 2.30. The lowest BCUT2D eigenvalue weighted by Gasteiger charge is -2.31. The molecule has 0 unspecified atom stereocenters. The number of unbranched alkanes of at least 4 members (excludes halogenated alkanes) is 30. The van der Waals surface area contributed by atoms with Gasteiger partial charge >= 0.3 is 0 Å². The van der Waals surface area contributed by atoms with Crippen LogP contribution in [0.15, 0.2) is 0 Å². The molecule has 2 nitrogen and oxygen atoms in total. The van der Waals surface area contributed by atoms with Crippen LogP contribution in [0.3, 0.4) is 0 Å². The second-order valence-electron chi connectivity index (χ2n) is 15.9. The third-order valence-electron chi connectivity index (χ3n) is 10.4. The Kier molecular flexibility index (Phi) is 39.6. The molecule has 0 N–H and O–H groups in total. The average Bonchev–Trinajstić information content (AvgIpc) is 3.09. The summed E-state index contributed by atoms with van der Waals surface area (Å²) in [5.41, 5.74) is 0. The summed E-state index contributed by atoms with van der Waals surface area (Å²) in [6.07, 6.45) is 45.1. The lowest BCUT2D eigenvalue weighted by Crippen LogP contribution is -2.36. The van der Waals surface area contributed by atoms with Crippen molar-refractivity contribution in [3.05, 3.63) is 0 Å². The van der Waals surface area contributed by atoms with Crippen molar-refractivity contribution in [1.82, 2.24) is 9.80 Å². The fourth-order valence-corrected chi connectivity index (χ4v) is 10.1. The standard InChI is InChI=1S/C44H88N2S4/c1-7-9-11-13-15-17-19-21-23-25-27-29-31-33-35-37-39-45(41(3)4)43(47)49-50-44(48)46(42(5)6)40-38-36-34-32-30-28-26-24-22-20-18-16-14-12-10-8-2/h41-42H,7-40H2,1-6H3. The van der Waals surface area contributed by atoms with Crippen LogP contribution in [0.1, 0.15) is 247 Å². The Morgan fingerprint density at radius 2 is 0.520 bits per heavy atom. The molecule has 0 saturated heterocycles. The van der Waals surface area contributed by atoms with Gasteiger partial charge in [0.25, 0.3) is 0 Å². The van der Waals surface area contributed by atoms with Crippen LogP contribution in [0, 0.1) is 0 Å². The van der Waals surface area contributed by atoms with Crippen molar-refractivity contribution in [2.75, 3.05) is 13.1 Å². The summed E-state index contributed by atoms with van der Waals surface area (Å²) in [5, 5.41) is 0. The average molecular weight is 773 g/mol. The second kappa shape index (κ2) is 39.2. The molecule has 0 bridgehead atoms. The smallest absolute Gasteiger partial charge is 0.147 e. The maximum atomic E-state index is 5.93. The van der Waals surface area contributed by atoms with Crippen molar-refractivity contribution in [3.8, 4) is 0 Å². The number of hydrogen-bond acceptors (Lipinski definition) is 4. The van der Waals surface area contributed by atoms with Gasteiger partial charge in [-0.3, -0.25) is 0 Å². The summed E-state index contributed by atoms with van der Waals surface area (Å²) < 4.78 is 2.00. The van der Waals surface area contributed by atoms with E-state index in [9.17, 15) is 0 Å². The third-order valence-corrected chi connectivity index (χ3v) is 14.0. The van der Waals surface area contributed by atoms with E-state index in [0.717, 1.165) is 21.7 Å². The largest absolute Gasteiger partial charge is 0.354 e. The summed E-state index contributed by atoms with van der Waals surface area (Å²) in [7, 11) is 3.42. The van der Waals surface area contributed by atoms with Crippen molar-refractivity contribution < 1.29 is 0 Å². The van der Waals surface area contributed by atoms with Crippen LogP contribution < -0.4 is 0 Å². The van der Waals surface area contributed by atoms with E-state index < -0.39 is 0 Å². The van der Waals surface area contributed by atoms with Gasteiger partial charge in [0, 0.05) is 25.2 Å². The van der Waals surface area contributed by atoms with Gasteiger partial charge in [-0.1, -0.05) is 231 Å². The van der Waals surface area contributed by atoms with Gasteiger partial charge in [-0.2, -0.15) is 0 Å². The van der Waals surface area contributed by atoms with Crippen molar-refractivity contribution in [2.24, 2.45) is 0 Å². The van der Waals surface area contributed by atoms with Gasteiger partial charge in [0.1, 0.15) is 8.64 Å². The highest BCUT2D eigenvalue weighted by atomic mass is 33.1. The molecule has 0 aromatic carbocycles. The maximum Gasteiger partial charge on any atom is 0.147 e. The zero-order chi connectivity index (χ0) is 36.9. The first-order valence-corrected chi connectivity index (χ1v) is 25.3. The number of thiocarbonyl (C=S) groups is 2. The van der Waals surface area contributed by atoms with Gasteiger partial charge in [-0.05, 0) is 62.1 Å². The molecule has 0 atom stereocenters. The Hall–Kier alpha value is 0.480. The zero-order valence-corrected chi connectivity index (χ0v) is 38.0. The van der Waals surface area contributed by atoms with E-state index in [0.29, 0.717) is 12.1 Å². The SMILES string of the molecule is CCCCCCCCCCCCCCCCCCN(C(=S)SSC(=S)N(CCCCCCCCCCCCCCCCCC)C(C)C)C(C)C. The van der Waals surface area contributed by atoms with E-state index >= 15 is 0 Å². The van der Waals surface area contributed by atoms with E-state index in [4.69, 9.17) is 24.4 Å². The molecule has 0 aliphatic carbocycles. The molecule has 0 rings (SSSR count). The van der Waals surface area contributed by atoms with Crippen LogP contribution in [0.5, 0.6) is 0 Å². The maximum absolute atomic E-state index is 5.93. The molecule has 0 saturated carbocycles. The van der Waals surface area contributed by atoms with Crippen molar-refractivity contribution in [2.45, 2.75) is 259 Å². The highest BCUT2D eigenvalue weighted by Gasteiger charge is 2.18. The molecular weight excluding hydrogens is 685 g/mol. The molecule has 298 valence electrons. The van der Waals surface area contributed by atoms with Gasteiger partial charge < -0.3 is 9.80 Å². The molecular formula is C44H88N2S4. The Labute approximate surface area is 334 Å². The first-order chi connectivity index (χ1) is 24.3. The predicted molar refractivity (Wildman–Crippen MR) is 243 cm³/mol. The normalized spacial score (nSPS) is 11.6. The summed E-state index contributed by atoms with van der Waals surface area (Å²) in [6, 6.07) is 0.874. The zero-order valence-electron chi connectivity index (χ0n) is 34.7. The van der Waals surface area contributed by atoms with Gasteiger partial charge in [-0.15, -0.1) is 0 Å². The first kappa shape index (κ1) is 50.5. The molecule has 0 heterocycles. The van der Waals surface area contributed by atoms with Crippen LogP contribution in [0.2, 0.25) is 0 Å². The number of rotatable bonds is 36. The van der Waals surface area contributed by atoms with Gasteiger partial charge in [0.2, 0.25) is 0 Å². The van der Waals surface area contributed by atoms with Crippen molar-refractivity contribution in [1.29, 1.82) is 0 Å². The molecule has 0 aromatic heterocycles. The summed E-state index contributed by atoms with van der Waals surface area (Å²) in [5.74, 6) is 0. The number of nitrogens with zero attached hydrogens (tertiary/aromatic N) is 2. The Bertz CT molecular complexity index is 669. The molecule has 0 radical (unpaired) electrons. The summed E-state index contributed by atoms with van der Waals surface area (Å²) >= 11 is 11.9. The van der Waals surface area contributed by atoms with Crippen LogP contribution in [-0.4, -0.2) is 43.6 Å². The van der Waals surface area contributed by atoms with Crippen LogP contribution in [0.4, 0.5) is 0 Å². The summed E-state index contributed by atoms with van der Waals surface area (Å²) in [4.78, 5) is 4.85. The van der Waals surface area contributed by atoms with E-state index in [-0.39, 0.29) is 0 Å². The van der Waals surface area contributed by atoms with Crippen LogP contribution in [-0.2, 0) is 0 Å². The lowest BCUT2D eigenvalue weighted by molar-refractivity contribution is 0.349. The topological polar surface area (TPSA) is 6.48 Å². The molecule has 0 fully saturated rings. The highest BCUT2D eigenvalue weighted by molar-refractivity contribution is 8.89. The minimum atomic E-state index is 0.437. The molecule has 0 amide bonds. The van der Waals surface area contributed by atoms with Crippen molar-refractivity contribution in [3.63, 3.8) is 0 Å². The third kappa shape index (κ3) is 33.1. The predicted octanol–water partition coefficient (Wildman–Crippen LogP) is 16.9. The van der Waals surface area contributed by atoms with E-state index in [2.05, 4.69) is 51.3 Å². The Morgan fingerprint density at radius 3 is 0.700 bits per heavy atom. The monoisotopic (exact) mass is 773 g/mol. The fourth-order valence-electron chi connectivity index (χ4n) is 6.95. The lowest BCUT2D eigenvalue weighted by atomic mass is 10.0. The first-order valence-electron chi connectivity index (χ1n) is 22.3. The van der Waals surface area contributed by atoms with Crippen LogP contribution >= 0.6 is 46.0 Å². The Balaban J connectivity index is 3.92. The van der Waals surface area contributed by atoms with Crippen LogP contribution in [0.25, 0.3) is 0 Å². The molecule has 0 aliphatic heterocycles. The molecule has 0 aliphatic rings. The Morgan fingerprint density at radius 1 is 0.340 bits per heavy atom. The van der Waals surface area contributed by atoms with Crippen molar-refractivity contribution >= 4 is 54.7 Å². The number of hydrogen-bond donors (Lipinski definition) is 0.